The van der Waals surface area contributed by atoms with Gasteiger partial charge in [-0.1, -0.05) is 19.4 Å². The Bertz CT molecular complexity index is 175. The van der Waals surface area contributed by atoms with Crippen molar-refractivity contribution in [2.75, 3.05) is 26.4 Å². The molecular weight excluding hydrogens is 224 g/mol. The molecule has 0 aliphatic rings. The summed E-state index contributed by atoms with van der Waals surface area (Å²) in [5.41, 5.74) is -0.135. The first kappa shape index (κ1) is 16.0. The van der Waals surface area contributed by atoms with Crippen LogP contribution in [0.15, 0.2) is 12.7 Å². The van der Waals surface area contributed by atoms with Crippen LogP contribution in [0.4, 0.5) is 0 Å². The zero-order chi connectivity index (χ0) is 12.4. The van der Waals surface area contributed by atoms with Crippen LogP contribution in [0.1, 0.15) is 33.6 Å². The molecule has 16 heavy (non-hydrogen) atoms. The third kappa shape index (κ3) is 4.86. The summed E-state index contributed by atoms with van der Waals surface area (Å²) in [6, 6.07) is 0. The van der Waals surface area contributed by atoms with Crippen molar-refractivity contribution in [1.29, 1.82) is 0 Å². The van der Waals surface area contributed by atoms with Crippen LogP contribution in [0.2, 0.25) is 0 Å². The highest BCUT2D eigenvalue weighted by Crippen LogP contribution is 2.34. The number of rotatable bonds is 10. The molecule has 0 heterocycles. The molecular formula is C13H25ClO2. The molecule has 3 heteroatoms. The lowest BCUT2D eigenvalue weighted by molar-refractivity contribution is -0.0184. The van der Waals surface area contributed by atoms with Gasteiger partial charge < -0.3 is 9.47 Å². The Balaban J connectivity index is 4.64. The van der Waals surface area contributed by atoms with E-state index in [1.54, 1.807) is 6.08 Å². The second-order valence-corrected chi connectivity index (χ2v) is 4.49. The van der Waals surface area contributed by atoms with E-state index in [-0.39, 0.29) is 10.8 Å². The molecule has 0 aromatic carbocycles. The highest BCUT2D eigenvalue weighted by atomic mass is 35.5. The van der Waals surface area contributed by atoms with Gasteiger partial charge in [-0.05, 0) is 20.3 Å². The lowest BCUT2D eigenvalue weighted by atomic mass is 9.81. The van der Waals surface area contributed by atoms with Crippen LogP contribution in [-0.2, 0) is 9.47 Å². The summed E-state index contributed by atoms with van der Waals surface area (Å²) >= 11 is 6.36. The van der Waals surface area contributed by atoms with Gasteiger partial charge in [0.2, 0.25) is 0 Å². The minimum atomic E-state index is -0.135. The fraction of sp³-hybridized carbons (Fsp3) is 0.846. The van der Waals surface area contributed by atoms with Crippen LogP contribution in [0.25, 0.3) is 0 Å². The number of hydrogen-bond donors (Lipinski definition) is 0. The largest absolute Gasteiger partial charge is 0.381 e. The average Bonchev–Trinajstić information content (AvgIpc) is 2.32. The fourth-order valence-electron chi connectivity index (χ4n) is 1.84. The quantitative estimate of drug-likeness (QED) is 0.434. The Labute approximate surface area is 105 Å². The van der Waals surface area contributed by atoms with Crippen molar-refractivity contribution in [3.8, 4) is 0 Å². The molecule has 2 nitrogen and oxygen atoms in total. The van der Waals surface area contributed by atoms with E-state index in [0.717, 1.165) is 12.8 Å². The summed E-state index contributed by atoms with van der Waals surface area (Å²) in [7, 11) is 0. The molecule has 0 radical (unpaired) electrons. The molecule has 0 rings (SSSR count). The summed E-state index contributed by atoms with van der Waals surface area (Å²) in [5.74, 6) is 0. The molecule has 0 N–H and O–H groups in total. The van der Waals surface area contributed by atoms with E-state index in [2.05, 4.69) is 13.5 Å². The highest BCUT2D eigenvalue weighted by Gasteiger charge is 2.36. The van der Waals surface area contributed by atoms with E-state index in [1.165, 1.54) is 0 Å². The predicted octanol–water partition coefficient (Wildman–Crippen LogP) is 3.64. The Kier molecular flexibility index (Phi) is 9.00. The number of ether oxygens (including phenoxy) is 2. The van der Waals surface area contributed by atoms with E-state index in [4.69, 9.17) is 21.1 Å². The predicted molar refractivity (Wildman–Crippen MR) is 70.2 cm³/mol. The molecule has 0 aromatic heterocycles. The Morgan fingerprint density at radius 1 is 1.19 bits per heavy atom. The SMILES string of the molecule is C=CC(Cl)C(CCC)(COCC)COCC. The molecule has 96 valence electrons. The number of allylic oxidation sites excluding steroid dienone is 1. The van der Waals surface area contributed by atoms with Crippen LogP contribution in [0.3, 0.4) is 0 Å². The van der Waals surface area contributed by atoms with E-state index in [0.29, 0.717) is 26.4 Å². The second-order valence-electron chi connectivity index (χ2n) is 4.02. The molecule has 0 saturated carbocycles. The van der Waals surface area contributed by atoms with E-state index < -0.39 is 0 Å². The molecule has 0 saturated heterocycles. The standard InChI is InChI=1S/C13H25ClO2/c1-5-9-13(10-15-7-3,11-16-8-4)12(14)6-2/h6,12H,2,5,7-11H2,1,3-4H3. The highest BCUT2D eigenvalue weighted by molar-refractivity contribution is 6.22. The molecule has 0 spiro atoms. The molecule has 0 bridgehead atoms. The van der Waals surface area contributed by atoms with Crippen molar-refractivity contribution >= 4 is 11.6 Å². The maximum absolute atomic E-state index is 6.36. The Hall–Kier alpha value is -0.0500. The first-order valence-electron chi connectivity index (χ1n) is 6.09. The topological polar surface area (TPSA) is 18.5 Å². The van der Waals surface area contributed by atoms with Crippen molar-refractivity contribution in [2.45, 2.75) is 39.0 Å². The van der Waals surface area contributed by atoms with Gasteiger partial charge in [0.05, 0.1) is 18.6 Å². The van der Waals surface area contributed by atoms with Crippen molar-refractivity contribution < 1.29 is 9.47 Å². The lowest BCUT2D eigenvalue weighted by Gasteiger charge is -2.35. The minimum absolute atomic E-state index is 0.106. The molecule has 0 aliphatic heterocycles. The Morgan fingerprint density at radius 3 is 2.00 bits per heavy atom. The molecule has 0 fully saturated rings. The smallest absolute Gasteiger partial charge is 0.0613 e. The normalized spacial score (nSPS) is 13.8. The van der Waals surface area contributed by atoms with Gasteiger partial charge in [0, 0.05) is 18.6 Å². The van der Waals surface area contributed by atoms with Crippen molar-refractivity contribution in [1.82, 2.24) is 0 Å². The monoisotopic (exact) mass is 248 g/mol. The van der Waals surface area contributed by atoms with Crippen LogP contribution in [-0.4, -0.2) is 31.8 Å². The van der Waals surface area contributed by atoms with Gasteiger partial charge >= 0.3 is 0 Å². The van der Waals surface area contributed by atoms with E-state index in [9.17, 15) is 0 Å². The molecule has 0 amide bonds. The third-order valence-corrected chi connectivity index (χ3v) is 3.37. The second kappa shape index (κ2) is 9.03. The molecule has 0 aliphatic carbocycles. The van der Waals surface area contributed by atoms with Gasteiger partial charge in [-0.2, -0.15) is 0 Å². The van der Waals surface area contributed by atoms with Gasteiger partial charge in [0.15, 0.2) is 0 Å². The van der Waals surface area contributed by atoms with Gasteiger partial charge in [-0.25, -0.2) is 0 Å². The zero-order valence-electron chi connectivity index (χ0n) is 10.8. The summed E-state index contributed by atoms with van der Waals surface area (Å²) in [6.45, 7) is 12.6. The first-order valence-corrected chi connectivity index (χ1v) is 6.52. The molecule has 1 atom stereocenters. The van der Waals surface area contributed by atoms with Gasteiger partial charge in [-0.3, -0.25) is 0 Å². The van der Waals surface area contributed by atoms with Crippen LogP contribution >= 0.6 is 11.6 Å². The van der Waals surface area contributed by atoms with E-state index >= 15 is 0 Å². The minimum Gasteiger partial charge on any atom is -0.381 e. The Morgan fingerprint density at radius 2 is 1.69 bits per heavy atom. The number of alkyl halides is 1. The third-order valence-electron chi connectivity index (χ3n) is 2.73. The van der Waals surface area contributed by atoms with Gasteiger partial charge in [-0.15, -0.1) is 18.2 Å². The molecule has 1 unspecified atom stereocenters. The van der Waals surface area contributed by atoms with Crippen molar-refractivity contribution in [2.24, 2.45) is 5.41 Å². The van der Waals surface area contributed by atoms with Gasteiger partial charge in [0.1, 0.15) is 0 Å². The number of hydrogen-bond acceptors (Lipinski definition) is 2. The van der Waals surface area contributed by atoms with E-state index in [1.807, 2.05) is 13.8 Å². The van der Waals surface area contributed by atoms with Crippen molar-refractivity contribution in [3.05, 3.63) is 12.7 Å². The van der Waals surface area contributed by atoms with Crippen LogP contribution in [0, 0.1) is 5.41 Å². The maximum Gasteiger partial charge on any atom is 0.0613 e. The summed E-state index contributed by atoms with van der Waals surface area (Å²) < 4.78 is 11.1. The summed E-state index contributed by atoms with van der Waals surface area (Å²) in [5, 5.41) is -0.106. The zero-order valence-corrected chi connectivity index (χ0v) is 11.6. The van der Waals surface area contributed by atoms with Crippen LogP contribution in [0.5, 0.6) is 0 Å². The first-order chi connectivity index (χ1) is 7.66. The number of halogens is 1. The lowest BCUT2D eigenvalue weighted by Crippen LogP contribution is -2.40. The fourth-order valence-corrected chi connectivity index (χ4v) is 2.08. The maximum atomic E-state index is 6.36. The summed E-state index contributed by atoms with van der Waals surface area (Å²) in [6.07, 6.45) is 3.85. The summed E-state index contributed by atoms with van der Waals surface area (Å²) in [4.78, 5) is 0. The van der Waals surface area contributed by atoms with Crippen molar-refractivity contribution in [3.63, 3.8) is 0 Å². The van der Waals surface area contributed by atoms with Crippen LogP contribution < -0.4 is 0 Å². The van der Waals surface area contributed by atoms with Gasteiger partial charge in [0.25, 0.3) is 0 Å². The molecule has 0 aromatic rings. The average molecular weight is 249 g/mol.